The first-order valence-corrected chi connectivity index (χ1v) is 8.31. The highest BCUT2D eigenvalue weighted by atomic mass is 16.2. The van der Waals surface area contributed by atoms with Crippen LogP contribution in [-0.2, 0) is 6.54 Å². The number of hydrogen-bond acceptors (Lipinski definition) is 6. The molecular weight excluding hydrogens is 318 g/mol. The van der Waals surface area contributed by atoms with Crippen LogP contribution < -0.4 is 15.1 Å². The summed E-state index contributed by atoms with van der Waals surface area (Å²) in [6.07, 6.45) is 5.22. The van der Waals surface area contributed by atoms with Crippen LogP contribution in [0.15, 0.2) is 36.8 Å². The van der Waals surface area contributed by atoms with E-state index < -0.39 is 0 Å². The SMILES string of the molecule is CN(C)c1ncccc1CNC(=O)N1CCN(c2ncccn2)CC1. The van der Waals surface area contributed by atoms with Gasteiger partial charge in [0.15, 0.2) is 0 Å². The number of piperazine rings is 1. The lowest BCUT2D eigenvalue weighted by Crippen LogP contribution is -2.52. The Balaban J connectivity index is 1.52. The Kier molecular flexibility index (Phi) is 5.27. The number of aromatic nitrogens is 3. The van der Waals surface area contributed by atoms with E-state index in [1.165, 1.54) is 0 Å². The van der Waals surface area contributed by atoms with Gasteiger partial charge in [-0.1, -0.05) is 6.07 Å². The molecule has 0 aliphatic carbocycles. The summed E-state index contributed by atoms with van der Waals surface area (Å²) in [5, 5.41) is 2.99. The molecule has 2 aromatic rings. The average molecular weight is 341 g/mol. The van der Waals surface area contributed by atoms with Crippen LogP contribution in [0, 0.1) is 0 Å². The molecule has 25 heavy (non-hydrogen) atoms. The first kappa shape index (κ1) is 16.9. The van der Waals surface area contributed by atoms with E-state index in [-0.39, 0.29) is 6.03 Å². The molecule has 1 saturated heterocycles. The first-order valence-electron chi connectivity index (χ1n) is 8.31. The van der Waals surface area contributed by atoms with Gasteiger partial charge in [0.2, 0.25) is 5.95 Å². The van der Waals surface area contributed by atoms with Crippen molar-refractivity contribution in [1.82, 2.24) is 25.2 Å². The molecule has 3 rings (SSSR count). The Labute approximate surface area is 147 Å². The summed E-state index contributed by atoms with van der Waals surface area (Å²) in [6, 6.07) is 5.61. The van der Waals surface area contributed by atoms with Gasteiger partial charge in [-0.25, -0.2) is 19.7 Å². The molecule has 0 atom stereocenters. The number of hydrogen-bond donors (Lipinski definition) is 1. The van der Waals surface area contributed by atoms with Crippen molar-refractivity contribution in [2.24, 2.45) is 0 Å². The Morgan fingerprint density at radius 3 is 2.44 bits per heavy atom. The van der Waals surface area contributed by atoms with Crippen molar-refractivity contribution in [2.75, 3.05) is 50.1 Å². The third-order valence-electron chi connectivity index (χ3n) is 4.12. The highest BCUT2D eigenvalue weighted by Gasteiger charge is 2.22. The molecule has 0 spiro atoms. The number of pyridine rings is 1. The number of nitrogens with zero attached hydrogens (tertiary/aromatic N) is 6. The van der Waals surface area contributed by atoms with E-state index in [0.29, 0.717) is 25.6 Å². The summed E-state index contributed by atoms with van der Waals surface area (Å²) in [5.41, 5.74) is 0.997. The Bertz CT molecular complexity index is 699. The molecule has 0 saturated carbocycles. The summed E-state index contributed by atoms with van der Waals surface area (Å²) in [4.78, 5) is 31.2. The molecule has 1 N–H and O–H groups in total. The summed E-state index contributed by atoms with van der Waals surface area (Å²) >= 11 is 0. The fourth-order valence-electron chi connectivity index (χ4n) is 2.82. The van der Waals surface area contributed by atoms with E-state index in [0.717, 1.165) is 24.5 Å². The summed E-state index contributed by atoms with van der Waals surface area (Å²) in [6.45, 7) is 3.22. The van der Waals surface area contributed by atoms with Crippen molar-refractivity contribution >= 4 is 17.8 Å². The smallest absolute Gasteiger partial charge is 0.317 e. The molecule has 1 fully saturated rings. The van der Waals surface area contributed by atoms with Crippen LogP contribution in [0.1, 0.15) is 5.56 Å². The van der Waals surface area contributed by atoms with Gasteiger partial charge in [-0.3, -0.25) is 0 Å². The van der Waals surface area contributed by atoms with Crippen molar-refractivity contribution in [1.29, 1.82) is 0 Å². The zero-order valence-electron chi connectivity index (χ0n) is 14.6. The molecule has 0 aromatic carbocycles. The summed E-state index contributed by atoms with van der Waals surface area (Å²) in [7, 11) is 3.89. The average Bonchev–Trinajstić information content (AvgIpc) is 2.67. The second-order valence-corrected chi connectivity index (χ2v) is 6.06. The van der Waals surface area contributed by atoms with Crippen molar-refractivity contribution in [2.45, 2.75) is 6.54 Å². The maximum absolute atomic E-state index is 12.4. The van der Waals surface area contributed by atoms with Gasteiger partial charge >= 0.3 is 6.03 Å². The third-order valence-corrected chi connectivity index (χ3v) is 4.12. The summed E-state index contributed by atoms with van der Waals surface area (Å²) in [5.74, 6) is 1.59. The predicted octanol–water partition coefficient (Wildman–Crippen LogP) is 0.969. The molecule has 0 radical (unpaired) electrons. The number of rotatable bonds is 4. The number of urea groups is 1. The molecule has 0 unspecified atom stereocenters. The third kappa shape index (κ3) is 4.14. The minimum atomic E-state index is -0.0535. The van der Waals surface area contributed by atoms with Crippen LogP contribution in [0.3, 0.4) is 0 Å². The lowest BCUT2D eigenvalue weighted by Gasteiger charge is -2.34. The fourth-order valence-corrected chi connectivity index (χ4v) is 2.82. The minimum Gasteiger partial charge on any atom is -0.362 e. The molecule has 2 aromatic heterocycles. The lowest BCUT2D eigenvalue weighted by molar-refractivity contribution is 0.193. The number of carbonyl (C=O) groups is 1. The van der Waals surface area contributed by atoms with Gasteiger partial charge in [0.25, 0.3) is 0 Å². The molecule has 132 valence electrons. The molecule has 1 aliphatic heterocycles. The van der Waals surface area contributed by atoms with Gasteiger partial charge in [0.1, 0.15) is 5.82 Å². The van der Waals surface area contributed by atoms with Gasteiger partial charge in [-0.05, 0) is 12.1 Å². The van der Waals surface area contributed by atoms with E-state index in [2.05, 4.69) is 25.2 Å². The molecule has 1 aliphatic rings. The lowest BCUT2D eigenvalue weighted by atomic mass is 10.2. The highest BCUT2D eigenvalue weighted by Crippen LogP contribution is 2.14. The van der Waals surface area contributed by atoms with Gasteiger partial charge in [0, 0.05) is 71.0 Å². The number of anilines is 2. The molecule has 3 heterocycles. The van der Waals surface area contributed by atoms with Crippen molar-refractivity contribution in [3.63, 3.8) is 0 Å². The van der Waals surface area contributed by atoms with Crippen molar-refractivity contribution in [3.8, 4) is 0 Å². The molecule has 2 amide bonds. The minimum absolute atomic E-state index is 0.0535. The number of amides is 2. The largest absolute Gasteiger partial charge is 0.362 e. The van der Waals surface area contributed by atoms with Gasteiger partial charge in [-0.2, -0.15) is 0 Å². The Hall–Kier alpha value is -2.90. The fraction of sp³-hybridized carbons (Fsp3) is 0.412. The Morgan fingerprint density at radius 2 is 1.76 bits per heavy atom. The first-order chi connectivity index (χ1) is 12.1. The van der Waals surface area contributed by atoms with E-state index >= 15 is 0 Å². The second-order valence-electron chi connectivity index (χ2n) is 6.06. The van der Waals surface area contributed by atoms with E-state index in [1.54, 1.807) is 24.7 Å². The maximum atomic E-state index is 12.4. The number of carbonyl (C=O) groups excluding carboxylic acids is 1. The van der Waals surface area contributed by atoms with E-state index in [1.807, 2.05) is 36.0 Å². The van der Waals surface area contributed by atoms with Gasteiger partial charge in [-0.15, -0.1) is 0 Å². The van der Waals surface area contributed by atoms with Crippen molar-refractivity contribution in [3.05, 3.63) is 42.4 Å². The molecule has 0 bridgehead atoms. The van der Waals surface area contributed by atoms with E-state index in [9.17, 15) is 4.79 Å². The van der Waals surface area contributed by atoms with Crippen molar-refractivity contribution < 1.29 is 4.79 Å². The Morgan fingerprint density at radius 1 is 1.08 bits per heavy atom. The molecular formula is C17H23N7O. The molecule has 8 nitrogen and oxygen atoms in total. The van der Waals surface area contributed by atoms with Gasteiger partial charge in [0.05, 0.1) is 0 Å². The van der Waals surface area contributed by atoms with Gasteiger partial charge < -0.3 is 20.0 Å². The maximum Gasteiger partial charge on any atom is 0.317 e. The van der Waals surface area contributed by atoms with Crippen LogP contribution >= 0.6 is 0 Å². The highest BCUT2D eigenvalue weighted by molar-refractivity contribution is 5.74. The monoisotopic (exact) mass is 341 g/mol. The zero-order valence-corrected chi connectivity index (χ0v) is 14.6. The predicted molar refractivity (Wildman–Crippen MR) is 96.6 cm³/mol. The van der Waals surface area contributed by atoms with Crippen LogP contribution in [0.25, 0.3) is 0 Å². The van der Waals surface area contributed by atoms with Crippen LogP contribution in [-0.4, -0.2) is 66.2 Å². The number of nitrogens with one attached hydrogen (secondary N) is 1. The molecule has 8 heteroatoms. The summed E-state index contributed by atoms with van der Waals surface area (Å²) < 4.78 is 0. The normalized spacial score (nSPS) is 14.3. The van der Waals surface area contributed by atoms with Crippen LogP contribution in [0.4, 0.5) is 16.6 Å². The van der Waals surface area contributed by atoms with Crippen LogP contribution in [0.2, 0.25) is 0 Å². The standard InChI is InChI=1S/C17H23N7O/c1-22(2)15-14(5-3-6-18-15)13-21-17(25)24-11-9-23(10-12-24)16-19-7-4-8-20-16/h3-8H,9-13H2,1-2H3,(H,21,25). The quantitative estimate of drug-likeness (QED) is 0.893. The topological polar surface area (TPSA) is 77.5 Å². The zero-order chi connectivity index (χ0) is 17.6. The van der Waals surface area contributed by atoms with E-state index in [4.69, 9.17) is 0 Å². The van der Waals surface area contributed by atoms with Crippen LogP contribution in [0.5, 0.6) is 0 Å². The second kappa shape index (κ2) is 7.78.